The number of benzene rings is 1. The van der Waals surface area contributed by atoms with Crippen LogP contribution in [0, 0.1) is 11.3 Å². The highest BCUT2D eigenvalue weighted by Crippen LogP contribution is 2.15. The standard InChI is InChI=1S/C12H14N2O2S/c1-3-4-8-14(2)17(15,16)12-7-5-6-11(9-12)10-13/h3,5-7,9H,1,4,8H2,2H3. The Morgan fingerprint density at radius 3 is 2.82 bits per heavy atom. The van der Waals surface area contributed by atoms with Crippen molar-refractivity contribution in [2.24, 2.45) is 0 Å². The molecule has 0 aliphatic heterocycles. The Kier molecular flexibility index (Phi) is 4.44. The number of rotatable bonds is 5. The minimum absolute atomic E-state index is 0.142. The molecule has 0 heterocycles. The normalized spacial score (nSPS) is 11.1. The maximum absolute atomic E-state index is 12.1. The molecule has 0 N–H and O–H groups in total. The van der Waals surface area contributed by atoms with Gasteiger partial charge in [0, 0.05) is 13.6 Å². The van der Waals surface area contributed by atoms with Gasteiger partial charge in [-0.15, -0.1) is 6.58 Å². The van der Waals surface area contributed by atoms with E-state index in [4.69, 9.17) is 5.26 Å². The third-order valence-corrected chi connectivity index (χ3v) is 4.17. The zero-order chi connectivity index (χ0) is 12.9. The van der Waals surface area contributed by atoms with Gasteiger partial charge in [0.1, 0.15) is 0 Å². The van der Waals surface area contributed by atoms with Gasteiger partial charge in [0.15, 0.2) is 0 Å². The summed E-state index contributed by atoms with van der Waals surface area (Å²) >= 11 is 0. The predicted octanol–water partition coefficient (Wildman–Crippen LogP) is 1.75. The summed E-state index contributed by atoms with van der Waals surface area (Å²) in [6, 6.07) is 7.92. The highest BCUT2D eigenvalue weighted by atomic mass is 32.2. The van der Waals surface area contributed by atoms with Crippen molar-refractivity contribution in [2.45, 2.75) is 11.3 Å². The highest BCUT2D eigenvalue weighted by Gasteiger charge is 2.19. The summed E-state index contributed by atoms with van der Waals surface area (Å²) in [6.45, 7) is 3.93. The molecule has 0 aliphatic rings. The van der Waals surface area contributed by atoms with Crippen LogP contribution in [0.25, 0.3) is 0 Å². The van der Waals surface area contributed by atoms with Crippen LogP contribution >= 0.6 is 0 Å². The molecule has 90 valence electrons. The van der Waals surface area contributed by atoms with E-state index in [2.05, 4.69) is 6.58 Å². The molecule has 0 spiro atoms. The maximum atomic E-state index is 12.1. The van der Waals surface area contributed by atoms with Crippen molar-refractivity contribution in [3.63, 3.8) is 0 Å². The van der Waals surface area contributed by atoms with E-state index in [1.165, 1.54) is 23.5 Å². The van der Waals surface area contributed by atoms with Crippen molar-refractivity contribution in [3.8, 4) is 6.07 Å². The second kappa shape index (κ2) is 5.62. The number of nitriles is 1. The van der Waals surface area contributed by atoms with E-state index >= 15 is 0 Å². The van der Waals surface area contributed by atoms with Gasteiger partial charge in [-0.25, -0.2) is 12.7 Å². The monoisotopic (exact) mass is 250 g/mol. The Bertz CT molecular complexity index is 544. The van der Waals surface area contributed by atoms with Gasteiger partial charge >= 0.3 is 0 Å². The van der Waals surface area contributed by atoms with E-state index in [-0.39, 0.29) is 4.90 Å². The van der Waals surface area contributed by atoms with Gasteiger partial charge < -0.3 is 0 Å². The molecular weight excluding hydrogens is 236 g/mol. The third kappa shape index (κ3) is 3.16. The molecule has 0 atom stereocenters. The van der Waals surface area contributed by atoms with Crippen molar-refractivity contribution < 1.29 is 8.42 Å². The van der Waals surface area contributed by atoms with E-state index in [0.717, 1.165) is 0 Å². The maximum Gasteiger partial charge on any atom is 0.242 e. The van der Waals surface area contributed by atoms with E-state index < -0.39 is 10.0 Å². The molecule has 0 saturated carbocycles. The van der Waals surface area contributed by atoms with Gasteiger partial charge in [0.25, 0.3) is 0 Å². The Balaban J connectivity index is 3.04. The van der Waals surface area contributed by atoms with Gasteiger partial charge in [0.2, 0.25) is 10.0 Å². The van der Waals surface area contributed by atoms with Gasteiger partial charge in [-0.3, -0.25) is 0 Å². The third-order valence-electron chi connectivity index (χ3n) is 2.32. The van der Waals surface area contributed by atoms with Crippen LogP contribution in [0.2, 0.25) is 0 Å². The van der Waals surface area contributed by atoms with Crippen LogP contribution in [0.3, 0.4) is 0 Å². The van der Waals surface area contributed by atoms with Crippen molar-refractivity contribution in [1.82, 2.24) is 4.31 Å². The highest BCUT2D eigenvalue weighted by molar-refractivity contribution is 7.89. The van der Waals surface area contributed by atoms with Crippen LogP contribution in [0.4, 0.5) is 0 Å². The fraction of sp³-hybridized carbons (Fsp3) is 0.250. The molecule has 5 heteroatoms. The van der Waals surface area contributed by atoms with Crippen LogP contribution in [-0.2, 0) is 10.0 Å². The molecule has 1 aromatic rings. The van der Waals surface area contributed by atoms with Crippen molar-refractivity contribution in [2.75, 3.05) is 13.6 Å². The second-order valence-electron chi connectivity index (χ2n) is 3.54. The summed E-state index contributed by atoms with van der Waals surface area (Å²) in [5, 5.41) is 8.74. The molecular formula is C12H14N2O2S. The van der Waals surface area contributed by atoms with Crippen LogP contribution in [0.15, 0.2) is 41.8 Å². The number of hydrogen-bond acceptors (Lipinski definition) is 3. The van der Waals surface area contributed by atoms with E-state index in [9.17, 15) is 8.42 Å². The molecule has 0 radical (unpaired) electrons. The molecule has 0 unspecified atom stereocenters. The Labute approximate surface area is 102 Å². The first kappa shape index (κ1) is 13.4. The van der Waals surface area contributed by atoms with Crippen LogP contribution in [0.5, 0.6) is 0 Å². The van der Waals surface area contributed by atoms with Crippen LogP contribution in [0.1, 0.15) is 12.0 Å². The zero-order valence-corrected chi connectivity index (χ0v) is 10.4. The smallest absolute Gasteiger partial charge is 0.207 e. The first-order valence-electron chi connectivity index (χ1n) is 5.09. The first-order valence-corrected chi connectivity index (χ1v) is 6.54. The number of hydrogen-bond donors (Lipinski definition) is 0. The minimum atomic E-state index is -3.51. The Hall–Kier alpha value is -1.64. The summed E-state index contributed by atoms with van der Waals surface area (Å²) in [6.07, 6.45) is 2.26. The molecule has 0 aliphatic carbocycles. The number of nitrogens with zero attached hydrogens (tertiary/aromatic N) is 2. The molecule has 1 rings (SSSR count). The minimum Gasteiger partial charge on any atom is -0.207 e. The molecule has 0 amide bonds. The SMILES string of the molecule is C=CCCN(C)S(=O)(=O)c1cccc(C#N)c1. The molecule has 0 bridgehead atoms. The fourth-order valence-electron chi connectivity index (χ4n) is 1.30. The Morgan fingerprint density at radius 1 is 1.53 bits per heavy atom. The summed E-state index contributed by atoms with van der Waals surface area (Å²) in [7, 11) is -2.00. The van der Waals surface area contributed by atoms with Gasteiger partial charge in [-0.1, -0.05) is 12.1 Å². The molecule has 17 heavy (non-hydrogen) atoms. The molecule has 0 saturated heterocycles. The fourth-order valence-corrected chi connectivity index (χ4v) is 2.53. The topological polar surface area (TPSA) is 61.2 Å². The lowest BCUT2D eigenvalue weighted by atomic mass is 10.2. The van der Waals surface area contributed by atoms with E-state index in [0.29, 0.717) is 18.5 Å². The summed E-state index contributed by atoms with van der Waals surface area (Å²) in [5.41, 5.74) is 0.336. The summed E-state index contributed by atoms with van der Waals surface area (Å²) in [4.78, 5) is 0.142. The molecule has 1 aromatic carbocycles. The van der Waals surface area contributed by atoms with Crippen LogP contribution < -0.4 is 0 Å². The molecule has 4 nitrogen and oxygen atoms in total. The lowest BCUT2D eigenvalue weighted by molar-refractivity contribution is 0.475. The molecule has 0 fully saturated rings. The average molecular weight is 250 g/mol. The zero-order valence-electron chi connectivity index (χ0n) is 9.63. The lowest BCUT2D eigenvalue weighted by Crippen LogP contribution is -2.27. The van der Waals surface area contributed by atoms with E-state index in [1.807, 2.05) is 6.07 Å². The van der Waals surface area contributed by atoms with E-state index in [1.54, 1.807) is 18.2 Å². The van der Waals surface area contributed by atoms with Crippen molar-refractivity contribution in [3.05, 3.63) is 42.5 Å². The summed E-state index contributed by atoms with van der Waals surface area (Å²) in [5.74, 6) is 0. The number of sulfonamides is 1. The van der Waals surface area contributed by atoms with Gasteiger partial charge in [-0.2, -0.15) is 5.26 Å². The largest absolute Gasteiger partial charge is 0.242 e. The van der Waals surface area contributed by atoms with Crippen molar-refractivity contribution >= 4 is 10.0 Å². The Morgan fingerprint density at radius 2 is 2.24 bits per heavy atom. The van der Waals surface area contributed by atoms with Gasteiger partial charge in [0.05, 0.1) is 16.5 Å². The molecule has 0 aromatic heterocycles. The van der Waals surface area contributed by atoms with Gasteiger partial charge in [-0.05, 0) is 24.6 Å². The van der Waals surface area contributed by atoms with Crippen molar-refractivity contribution in [1.29, 1.82) is 5.26 Å². The average Bonchev–Trinajstić information content (AvgIpc) is 2.35. The quantitative estimate of drug-likeness (QED) is 0.748. The first-order chi connectivity index (χ1) is 8.02. The predicted molar refractivity (Wildman–Crippen MR) is 65.8 cm³/mol. The summed E-state index contributed by atoms with van der Waals surface area (Å²) < 4.78 is 25.4. The lowest BCUT2D eigenvalue weighted by Gasteiger charge is -2.16. The second-order valence-corrected chi connectivity index (χ2v) is 5.59. The van der Waals surface area contributed by atoms with Crippen LogP contribution in [-0.4, -0.2) is 26.3 Å².